The molecule has 10 heteroatoms. The Labute approximate surface area is 147 Å². The number of aromatic amines is 1. The number of H-pyrrole nitrogens is 1. The fourth-order valence-corrected chi connectivity index (χ4v) is 2.42. The first-order chi connectivity index (χ1) is 12.2. The van der Waals surface area contributed by atoms with Crippen LogP contribution in [0.3, 0.4) is 0 Å². The lowest BCUT2D eigenvalue weighted by atomic mass is 10.1. The number of hydrogen-bond acceptors (Lipinski definition) is 8. The predicted octanol–water partition coefficient (Wildman–Crippen LogP) is 2.35. The Morgan fingerprint density at radius 2 is 1.88 bits per heavy atom. The number of ether oxygens (including phenoxy) is 2. The molecule has 1 N–H and O–H groups in total. The Balaban J connectivity index is 2.18. The molecule has 0 bridgehead atoms. The van der Waals surface area contributed by atoms with E-state index < -0.39 is 40.4 Å². The number of nitro groups is 1. The molecule has 138 valence electrons. The molecule has 0 spiro atoms. The first-order valence-corrected chi connectivity index (χ1v) is 7.44. The normalized spacial score (nSPS) is 11.7. The summed E-state index contributed by atoms with van der Waals surface area (Å²) in [5.41, 5.74) is 1.15. The monoisotopic (exact) mass is 364 g/mol. The van der Waals surface area contributed by atoms with Gasteiger partial charge < -0.3 is 18.9 Å². The third-order valence-electron chi connectivity index (χ3n) is 3.70. The van der Waals surface area contributed by atoms with E-state index in [0.29, 0.717) is 11.3 Å². The van der Waals surface area contributed by atoms with Crippen molar-refractivity contribution in [1.82, 2.24) is 4.98 Å². The molecule has 0 radical (unpaired) electrons. The van der Waals surface area contributed by atoms with Crippen molar-refractivity contribution >= 4 is 23.6 Å². The van der Waals surface area contributed by atoms with Gasteiger partial charge in [0.05, 0.1) is 24.4 Å². The lowest BCUT2D eigenvalue weighted by Gasteiger charge is -2.11. The highest BCUT2D eigenvalue weighted by molar-refractivity contribution is 6.04. The Kier molecular flexibility index (Phi) is 5.24. The number of nitrogens with one attached hydrogen (secondary N) is 1. The summed E-state index contributed by atoms with van der Waals surface area (Å²) >= 11 is 0. The van der Waals surface area contributed by atoms with Crippen LogP contribution in [0.2, 0.25) is 0 Å². The van der Waals surface area contributed by atoms with E-state index in [-0.39, 0.29) is 11.3 Å². The van der Waals surface area contributed by atoms with Crippen molar-refractivity contribution in [2.75, 3.05) is 7.11 Å². The summed E-state index contributed by atoms with van der Waals surface area (Å²) in [5, 5.41) is 10.6. The Bertz CT molecular complexity index is 892. The predicted molar refractivity (Wildman–Crippen MR) is 86.2 cm³/mol. The van der Waals surface area contributed by atoms with Crippen molar-refractivity contribution < 1.29 is 33.2 Å². The molecule has 0 aromatic carbocycles. The Morgan fingerprint density at radius 1 is 1.23 bits per heavy atom. The minimum Gasteiger partial charge on any atom is -0.465 e. The van der Waals surface area contributed by atoms with E-state index in [1.54, 1.807) is 13.8 Å². The first kappa shape index (κ1) is 18.9. The summed E-state index contributed by atoms with van der Waals surface area (Å²) in [4.78, 5) is 48.8. The number of hydrogen-bond donors (Lipinski definition) is 1. The van der Waals surface area contributed by atoms with E-state index in [2.05, 4.69) is 9.72 Å². The zero-order valence-corrected chi connectivity index (χ0v) is 14.4. The molecular formula is C16H16N2O8. The van der Waals surface area contributed by atoms with Gasteiger partial charge in [0.1, 0.15) is 4.92 Å². The van der Waals surface area contributed by atoms with Crippen LogP contribution >= 0.6 is 0 Å². The molecule has 0 aliphatic heterocycles. The molecule has 0 saturated heterocycles. The highest BCUT2D eigenvalue weighted by atomic mass is 16.7. The number of Topliss-reactive ketones (excluding diaryl/α,β-unsaturated/α-hetero) is 1. The number of methoxy groups -OCH3 is 1. The molecule has 2 rings (SSSR count). The average molecular weight is 364 g/mol. The van der Waals surface area contributed by atoms with E-state index in [9.17, 15) is 24.5 Å². The molecule has 0 unspecified atom stereocenters. The second-order valence-corrected chi connectivity index (χ2v) is 5.42. The second-order valence-electron chi connectivity index (χ2n) is 5.42. The van der Waals surface area contributed by atoms with Crippen LogP contribution in [0.25, 0.3) is 0 Å². The van der Waals surface area contributed by atoms with Gasteiger partial charge in [0.2, 0.25) is 11.5 Å². The van der Waals surface area contributed by atoms with Crippen LogP contribution in [-0.2, 0) is 9.47 Å². The zero-order valence-electron chi connectivity index (χ0n) is 14.4. The smallest absolute Gasteiger partial charge is 0.433 e. The number of ketones is 1. The fourth-order valence-electron chi connectivity index (χ4n) is 2.42. The number of aromatic nitrogens is 1. The van der Waals surface area contributed by atoms with E-state index >= 15 is 0 Å². The summed E-state index contributed by atoms with van der Waals surface area (Å²) in [6, 6.07) is 2.08. The van der Waals surface area contributed by atoms with Crippen molar-refractivity contribution in [3.05, 3.63) is 50.5 Å². The van der Waals surface area contributed by atoms with Gasteiger partial charge in [0.25, 0.3) is 0 Å². The Hall–Kier alpha value is -3.43. The molecule has 1 atom stereocenters. The number of furan rings is 1. The number of nitrogens with zero attached hydrogens (tertiary/aromatic N) is 1. The van der Waals surface area contributed by atoms with Gasteiger partial charge >= 0.3 is 17.8 Å². The molecule has 0 aliphatic carbocycles. The number of carbonyl (C=O) groups is 3. The maximum absolute atomic E-state index is 12.5. The van der Waals surface area contributed by atoms with Crippen LogP contribution in [-0.4, -0.2) is 40.8 Å². The van der Waals surface area contributed by atoms with Crippen LogP contribution < -0.4 is 0 Å². The summed E-state index contributed by atoms with van der Waals surface area (Å²) in [6.07, 6.45) is -1.21. The van der Waals surface area contributed by atoms with E-state index in [0.717, 1.165) is 12.1 Å². The maximum atomic E-state index is 12.5. The van der Waals surface area contributed by atoms with Gasteiger partial charge in [-0.05, 0) is 32.4 Å². The summed E-state index contributed by atoms with van der Waals surface area (Å²) in [5.74, 6) is -3.20. The first-order valence-electron chi connectivity index (χ1n) is 7.44. The molecule has 0 amide bonds. The Morgan fingerprint density at radius 3 is 2.42 bits per heavy atom. The lowest BCUT2D eigenvalue weighted by Crippen LogP contribution is -2.25. The minimum atomic E-state index is -1.21. The third-order valence-corrected chi connectivity index (χ3v) is 3.70. The zero-order chi connectivity index (χ0) is 19.6. The highest BCUT2D eigenvalue weighted by Crippen LogP contribution is 2.22. The largest absolute Gasteiger partial charge is 0.465 e. The van der Waals surface area contributed by atoms with Gasteiger partial charge in [-0.1, -0.05) is 0 Å². The molecule has 0 saturated carbocycles. The third kappa shape index (κ3) is 3.48. The van der Waals surface area contributed by atoms with E-state index in [1.165, 1.54) is 14.0 Å². The number of rotatable bonds is 6. The van der Waals surface area contributed by atoms with Crippen molar-refractivity contribution in [3.63, 3.8) is 0 Å². The van der Waals surface area contributed by atoms with E-state index in [1.807, 2.05) is 0 Å². The summed E-state index contributed by atoms with van der Waals surface area (Å²) < 4.78 is 14.4. The lowest BCUT2D eigenvalue weighted by molar-refractivity contribution is -0.402. The van der Waals surface area contributed by atoms with Gasteiger partial charge in [0.15, 0.2) is 6.10 Å². The van der Waals surface area contributed by atoms with Crippen molar-refractivity contribution in [3.8, 4) is 0 Å². The average Bonchev–Trinajstić information content (AvgIpc) is 3.19. The van der Waals surface area contributed by atoms with Crippen LogP contribution in [0.15, 0.2) is 16.5 Å². The van der Waals surface area contributed by atoms with Crippen LogP contribution in [0.5, 0.6) is 0 Å². The highest BCUT2D eigenvalue weighted by Gasteiger charge is 2.28. The second kappa shape index (κ2) is 7.21. The SMILES string of the molecule is COC(=O)c1c(C)[nH]c(C(=O)[C@H](C)OC(=O)c2ccc([N+](=O)[O-])o2)c1C. The maximum Gasteiger partial charge on any atom is 0.433 e. The molecule has 2 aromatic rings. The standard InChI is InChI=1S/C16H16N2O8/c1-7-12(16(21)24-4)8(2)17-13(7)14(19)9(3)25-15(20)10-5-6-11(26-10)18(22)23/h5-6,9,17H,1-4H3/t9-/m0/s1. The number of esters is 2. The van der Waals surface area contributed by atoms with Crippen molar-refractivity contribution in [2.45, 2.75) is 26.9 Å². The van der Waals surface area contributed by atoms with Crippen molar-refractivity contribution in [2.24, 2.45) is 0 Å². The van der Waals surface area contributed by atoms with E-state index in [4.69, 9.17) is 9.15 Å². The van der Waals surface area contributed by atoms with Gasteiger partial charge in [-0.25, -0.2) is 9.59 Å². The number of aryl methyl sites for hydroxylation is 1. The van der Waals surface area contributed by atoms with Gasteiger partial charge in [-0.2, -0.15) is 0 Å². The summed E-state index contributed by atoms with van der Waals surface area (Å²) in [6.45, 7) is 4.51. The fraction of sp³-hybridized carbons (Fsp3) is 0.312. The molecule has 26 heavy (non-hydrogen) atoms. The molecule has 0 aliphatic rings. The van der Waals surface area contributed by atoms with Gasteiger partial charge in [-0.15, -0.1) is 0 Å². The molecule has 10 nitrogen and oxygen atoms in total. The molecular weight excluding hydrogens is 348 g/mol. The molecule has 2 aromatic heterocycles. The quantitative estimate of drug-likeness (QED) is 0.356. The van der Waals surface area contributed by atoms with Gasteiger partial charge in [0, 0.05) is 5.69 Å². The number of carbonyl (C=O) groups excluding carboxylic acids is 3. The minimum absolute atomic E-state index is 0.105. The van der Waals surface area contributed by atoms with Crippen LogP contribution in [0, 0.1) is 24.0 Å². The van der Waals surface area contributed by atoms with Crippen molar-refractivity contribution in [1.29, 1.82) is 0 Å². The molecule has 2 heterocycles. The summed E-state index contributed by atoms with van der Waals surface area (Å²) in [7, 11) is 1.22. The molecule has 0 fully saturated rings. The topological polar surface area (TPSA) is 142 Å². The van der Waals surface area contributed by atoms with Crippen LogP contribution in [0.1, 0.15) is 49.6 Å². The van der Waals surface area contributed by atoms with Gasteiger partial charge in [-0.3, -0.25) is 14.9 Å². The van der Waals surface area contributed by atoms with Crippen LogP contribution in [0.4, 0.5) is 5.88 Å².